The quantitative estimate of drug-likeness (QED) is 0.0955. The van der Waals surface area contributed by atoms with Crippen LogP contribution in [0.2, 0.25) is 5.02 Å². The number of ether oxygens (including phenoxy) is 2. The van der Waals surface area contributed by atoms with E-state index in [1.807, 2.05) is 56.3 Å². The first-order chi connectivity index (χ1) is 21.1. The van der Waals surface area contributed by atoms with Crippen molar-refractivity contribution in [1.82, 2.24) is 9.66 Å². The molecule has 0 atom stereocenters. The fourth-order valence-electron chi connectivity index (χ4n) is 5.04. The molecule has 9 nitrogen and oxygen atoms in total. The highest BCUT2D eigenvalue weighted by Crippen LogP contribution is 2.36. The summed E-state index contributed by atoms with van der Waals surface area (Å²) in [5.74, 6) is 1.16. The van der Waals surface area contributed by atoms with E-state index in [0.29, 0.717) is 22.3 Å². The number of para-hydroxylation sites is 1. The summed E-state index contributed by atoms with van der Waals surface area (Å²) in [7, 11) is 1.62. The molecule has 0 aliphatic carbocycles. The van der Waals surface area contributed by atoms with Crippen LogP contribution in [0, 0.1) is 24.0 Å². The zero-order chi connectivity index (χ0) is 31.5. The van der Waals surface area contributed by atoms with Gasteiger partial charge in [0.1, 0.15) is 12.4 Å². The Labute approximate surface area is 259 Å². The van der Waals surface area contributed by atoms with Gasteiger partial charge in [-0.25, -0.2) is 4.98 Å². The molecule has 0 N–H and O–H groups in total. The van der Waals surface area contributed by atoms with E-state index < -0.39 is 10.5 Å². The third-order valence-electron chi connectivity index (χ3n) is 7.23. The summed E-state index contributed by atoms with van der Waals surface area (Å²) in [5, 5.41) is 17.1. The molecular weight excluding hydrogens is 580 g/mol. The first-order valence-corrected chi connectivity index (χ1v) is 14.4. The third kappa shape index (κ3) is 6.18. The Hall–Kier alpha value is -5.02. The van der Waals surface area contributed by atoms with Crippen molar-refractivity contribution in [2.24, 2.45) is 5.10 Å². The van der Waals surface area contributed by atoms with Gasteiger partial charge in [-0.1, -0.05) is 67.4 Å². The number of halogens is 1. The number of nitro groups is 1. The van der Waals surface area contributed by atoms with Crippen LogP contribution in [0.5, 0.6) is 11.5 Å². The standard InChI is InChI=1S/C34H31ClN4O5/c1-20(2)27-17-28(22(4)14-31(27)43-5)33-37-29-12-7-6-11-26(29)34(40)38(33)36-18-24-15-25(35)16-30(39(41)42)32(24)44-19-23-10-8-9-21(3)13-23/h6-18,20H,19H2,1-5H3. The zero-order valence-corrected chi connectivity index (χ0v) is 25.8. The summed E-state index contributed by atoms with van der Waals surface area (Å²) in [4.78, 5) is 30.2. The number of nitro benzene ring substituents is 1. The van der Waals surface area contributed by atoms with Crippen molar-refractivity contribution in [2.45, 2.75) is 40.2 Å². The number of aryl methyl sites for hydroxylation is 2. The van der Waals surface area contributed by atoms with Gasteiger partial charge in [-0.3, -0.25) is 14.9 Å². The van der Waals surface area contributed by atoms with Crippen LogP contribution in [-0.2, 0) is 6.61 Å². The Bertz CT molecular complexity index is 1980. The lowest BCUT2D eigenvalue weighted by molar-refractivity contribution is -0.385. The maximum absolute atomic E-state index is 13.9. The molecule has 0 aliphatic heterocycles. The minimum Gasteiger partial charge on any atom is -0.496 e. The van der Waals surface area contributed by atoms with E-state index >= 15 is 0 Å². The van der Waals surface area contributed by atoms with E-state index in [4.69, 9.17) is 26.1 Å². The highest BCUT2D eigenvalue weighted by Gasteiger charge is 2.22. The van der Waals surface area contributed by atoms with Gasteiger partial charge in [0, 0.05) is 22.2 Å². The van der Waals surface area contributed by atoms with Gasteiger partial charge in [-0.05, 0) is 66.8 Å². The second-order valence-electron chi connectivity index (χ2n) is 10.8. The van der Waals surface area contributed by atoms with Crippen LogP contribution in [0.1, 0.15) is 47.6 Å². The second kappa shape index (κ2) is 12.7. The van der Waals surface area contributed by atoms with E-state index in [1.165, 1.54) is 23.0 Å². The van der Waals surface area contributed by atoms with Crippen molar-refractivity contribution in [3.8, 4) is 22.9 Å². The van der Waals surface area contributed by atoms with Gasteiger partial charge < -0.3 is 9.47 Å². The van der Waals surface area contributed by atoms with Gasteiger partial charge in [0.15, 0.2) is 5.82 Å². The normalized spacial score (nSPS) is 11.4. The number of benzene rings is 4. The van der Waals surface area contributed by atoms with Gasteiger partial charge >= 0.3 is 5.69 Å². The van der Waals surface area contributed by atoms with Crippen molar-refractivity contribution < 1.29 is 14.4 Å². The molecule has 0 unspecified atom stereocenters. The van der Waals surface area contributed by atoms with E-state index in [1.54, 1.807) is 25.3 Å². The van der Waals surface area contributed by atoms with Gasteiger partial charge in [-0.2, -0.15) is 9.78 Å². The maximum Gasteiger partial charge on any atom is 0.313 e. The first-order valence-electron chi connectivity index (χ1n) is 14.0. The number of hydrogen-bond acceptors (Lipinski definition) is 7. The molecule has 1 heterocycles. The average molecular weight is 611 g/mol. The molecular formula is C34H31ClN4O5. The minimum atomic E-state index is -0.557. The van der Waals surface area contributed by atoms with Crippen molar-refractivity contribution in [1.29, 1.82) is 0 Å². The molecule has 5 rings (SSSR count). The number of nitrogens with zero attached hydrogens (tertiary/aromatic N) is 4. The molecule has 10 heteroatoms. The van der Waals surface area contributed by atoms with E-state index in [-0.39, 0.29) is 34.5 Å². The van der Waals surface area contributed by atoms with E-state index in [0.717, 1.165) is 28.0 Å². The predicted octanol–water partition coefficient (Wildman–Crippen LogP) is 7.84. The van der Waals surface area contributed by atoms with Crippen molar-refractivity contribution >= 4 is 34.4 Å². The van der Waals surface area contributed by atoms with Crippen molar-refractivity contribution in [2.75, 3.05) is 7.11 Å². The van der Waals surface area contributed by atoms with Crippen molar-refractivity contribution in [3.05, 3.63) is 126 Å². The molecule has 0 aliphatic rings. The lowest BCUT2D eigenvalue weighted by Crippen LogP contribution is -2.21. The molecule has 0 bridgehead atoms. The number of fused-ring (bicyclic) bond motifs is 1. The summed E-state index contributed by atoms with van der Waals surface area (Å²) in [6.45, 7) is 8.06. The van der Waals surface area contributed by atoms with Gasteiger partial charge in [0.25, 0.3) is 5.56 Å². The topological polar surface area (TPSA) is 109 Å². The number of hydrogen-bond donors (Lipinski definition) is 0. The van der Waals surface area contributed by atoms with Crippen LogP contribution in [0.4, 0.5) is 5.69 Å². The van der Waals surface area contributed by atoms with Crippen LogP contribution in [0.15, 0.2) is 82.7 Å². The van der Waals surface area contributed by atoms with Crippen LogP contribution < -0.4 is 15.0 Å². The Kier molecular flexibility index (Phi) is 8.78. The second-order valence-corrected chi connectivity index (χ2v) is 11.2. The number of methoxy groups -OCH3 is 1. The average Bonchev–Trinajstić information content (AvgIpc) is 2.99. The summed E-state index contributed by atoms with van der Waals surface area (Å²) in [6.07, 6.45) is 1.34. The molecule has 1 aromatic heterocycles. The van der Waals surface area contributed by atoms with Crippen LogP contribution >= 0.6 is 11.6 Å². The summed E-state index contributed by atoms with van der Waals surface area (Å²) >= 11 is 6.30. The van der Waals surface area contributed by atoms with Crippen molar-refractivity contribution in [3.63, 3.8) is 0 Å². The fourth-order valence-corrected chi connectivity index (χ4v) is 5.26. The summed E-state index contributed by atoms with van der Waals surface area (Å²) in [6, 6.07) is 21.3. The number of aromatic nitrogens is 2. The zero-order valence-electron chi connectivity index (χ0n) is 25.0. The monoisotopic (exact) mass is 610 g/mol. The highest BCUT2D eigenvalue weighted by molar-refractivity contribution is 6.31. The molecule has 5 aromatic rings. The van der Waals surface area contributed by atoms with Crippen LogP contribution in [0.25, 0.3) is 22.3 Å². The smallest absolute Gasteiger partial charge is 0.313 e. The molecule has 0 saturated heterocycles. The molecule has 4 aromatic carbocycles. The Morgan fingerprint density at radius 2 is 1.84 bits per heavy atom. The number of rotatable bonds is 9. The lowest BCUT2D eigenvalue weighted by atomic mass is 9.96. The molecule has 0 amide bonds. The lowest BCUT2D eigenvalue weighted by Gasteiger charge is -2.17. The maximum atomic E-state index is 13.9. The predicted molar refractivity (Wildman–Crippen MR) is 173 cm³/mol. The van der Waals surface area contributed by atoms with Gasteiger partial charge in [0.05, 0.1) is 29.2 Å². The Morgan fingerprint density at radius 3 is 2.55 bits per heavy atom. The molecule has 224 valence electrons. The van der Waals surface area contributed by atoms with E-state index in [2.05, 4.69) is 18.9 Å². The van der Waals surface area contributed by atoms with Gasteiger partial charge in [0.2, 0.25) is 5.75 Å². The highest BCUT2D eigenvalue weighted by atomic mass is 35.5. The Balaban J connectivity index is 1.70. The Morgan fingerprint density at radius 1 is 1.07 bits per heavy atom. The minimum absolute atomic E-state index is 0.0178. The molecule has 0 radical (unpaired) electrons. The molecule has 0 spiro atoms. The van der Waals surface area contributed by atoms with Gasteiger partial charge in [-0.15, -0.1) is 0 Å². The molecule has 0 saturated carbocycles. The third-order valence-corrected chi connectivity index (χ3v) is 7.45. The fraction of sp³-hybridized carbons (Fsp3) is 0.206. The largest absolute Gasteiger partial charge is 0.496 e. The van der Waals surface area contributed by atoms with E-state index in [9.17, 15) is 14.9 Å². The summed E-state index contributed by atoms with van der Waals surface area (Å²) in [5.41, 5.74) is 4.38. The van der Waals surface area contributed by atoms with Crippen LogP contribution in [0.3, 0.4) is 0 Å². The molecule has 0 fully saturated rings. The first kappa shape index (κ1) is 30.4. The molecule has 44 heavy (non-hydrogen) atoms. The SMILES string of the molecule is COc1cc(C)c(-c2nc3ccccc3c(=O)n2N=Cc2cc(Cl)cc([N+](=O)[O-])c2OCc2cccc(C)c2)cc1C(C)C. The summed E-state index contributed by atoms with van der Waals surface area (Å²) < 4.78 is 12.8. The van der Waals surface area contributed by atoms with Crippen LogP contribution in [-0.4, -0.2) is 27.9 Å².